The fraction of sp³-hybridized carbons (Fsp3) is 0.250. The number of hydrogen-bond donors (Lipinski definition) is 1. The van der Waals surface area contributed by atoms with E-state index in [4.69, 9.17) is 10.5 Å². The summed E-state index contributed by atoms with van der Waals surface area (Å²) in [4.78, 5) is 1.29. The van der Waals surface area contributed by atoms with E-state index in [9.17, 15) is 0 Å². The minimum absolute atomic E-state index is 0.556. The summed E-state index contributed by atoms with van der Waals surface area (Å²) in [7, 11) is 0. The lowest BCUT2D eigenvalue weighted by Gasteiger charge is -2.13. The highest BCUT2D eigenvalue weighted by atomic mass is 32.2. The largest absolute Gasteiger partial charge is 0.457 e. The Hall–Kier alpha value is -1.45. The van der Waals surface area contributed by atoms with Crippen molar-refractivity contribution >= 4 is 11.8 Å². The Morgan fingerprint density at radius 2 is 1.68 bits per heavy atom. The summed E-state index contributed by atoms with van der Waals surface area (Å²) < 4.78 is 5.94. The molecule has 0 amide bonds. The lowest BCUT2D eigenvalue weighted by atomic mass is 10.1. The second kappa shape index (κ2) is 6.13. The van der Waals surface area contributed by atoms with Gasteiger partial charge in [0.2, 0.25) is 0 Å². The van der Waals surface area contributed by atoms with Gasteiger partial charge in [0.05, 0.1) is 0 Å². The van der Waals surface area contributed by atoms with Crippen molar-refractivity contribution in [2.45, 2.75) is 25.3 Å². The van der Waals surface area contributed by atoms with E-state index in [1.165, 1.54) is 16.0 Å². The van der Waals surface area contributed by atoms with Gasteiger partial charge in [0.1, 0.15) is 11.5 Å². The van der Waals surface area contributed by atoms with Crippen molar-refractivity contribution in [1.82, 2.24) is 0 Å². The molecule has 0 aliphatic rings. The Labute approximate surface area is 119 Å². The summed E-state index contributed by atoms with van der Waals surface area (Å²) in [6.45, 7) is 4.78. The summed E-state index contributed by atoms with van der Waals surface area (Å²) in [6.07, 6.45) is 2.09. The first-order valence-electron chi connectivity index (χ1n) is 6.26. The Morgan fingerprint density at radius 1 is 1.00 bits per heavy atom. The molecule has 0 saturated carbocycles. The number of nitrogens with two attached hydrogens (primary N) is 1. The van der Waals surface area contributed by atoms with Crippen LogP contribution in [0.4, 0.5) is 0 Å². The Morgan fingerprint density at radius 3 is 2.26 bits per heavy atom. The fourth-order valence-corrected chi connectivity index (χ4v) is 2.59. The van der Waals surface area contributed by atoms with Gasteiger partial charge in [-0.1, -0.05) is 12.1 Å². The standard InChI is InChI=1S/C16H19NOS/c1-11-12(2)16(19-3)9-8-15(11)18-14-6-4-13(10-17)5-7-14/h4-9H,10,17H2,1-3H3. The highest BCUT2D eigenvalue weighted by Gasteiger charge is 2.07. The first kappa shape index (κ1) is 14.0. The SMILES string of the molecule is CSc1ccc(Oc2ccc(CN)cc2)c(C)c1C. The summed E-state index contributed by atoms with van der Waals surface area (Å²) in [5.41, 5.74) is 9.17. The van der Waals surface area contributed by atoms with Gasteiger partial charge in [-0.2, -0.15) is 0 Å². The molecule has 2 aromatic carbocycles. The average molecular weight is 273 g/mol. The second-order valence-electron chi connectivity index (χ2n) is 4.47. The van der Waals surface area contributed by atoms with E-state index in [0.717, 1.165) is 17.1 Å². The maximum Gasteiger partial charge on any atom is 0.130 e. The van der Waals surface area contributed by atoms with Gasteiger partial charge < -0.3 is 10.5 Å². The molecule has 0 aliphatic heterocycles. The number of rotatable bonds is 4. The molecule has 2 rings (SSSR count). The third-order valence-electron chi connectivity index (χ3n) is 3.29. The molecule has 3 heteroatoms. The minimum atomic E-state index is 0.556. The van der Waals surface area contributed by atoms with E-state index in [-0.39, 0.29) is 0 Å². The van der Waals surface area contributed by atoms with Crippen molar-refractivity contribution < 1.29 is 4.74 Å². The van der Waals surface area contributed by atoms with Crippen LogP contribution in [0.15, 0.2) is 41.3 Å². The molecule has 0 bridgehead atoms. The van der Waals surface area contributed by atoms with Crippen molar-refractivity contribution in [2.24, 2.45) is 5.73 Å². The van der Waals surface area contributed by atoms with Crippen LogP contribution in [0.3, 0.4) is 0 Å². The first-order valence-corrected chi connectivity index (χ1v) is 7.49. The topological polar surface area (TPSA) is 35.2 Å². The number of ether oxygens (including phenoxy) is 1. The lowest BCUT2D eigenvalue weighted by Crippen LogP contribution is -1.96. The van der Waals surface area contributed by atoms with E-state index in [1.807, 2.05) is 30.3 Å². The second-order valence-corrected chi connectivity index (χ2v) is 5.31. The molecule has 0 saturated heterocycles. The molecule has 2 aromatic rings. The Balaban J connectivity index is 2.25. The highest BCUT2D eigenvalue weighted by Crippen LogP contribution is 2.32. The first-order chi connectivity index (χ1) is 9.15. The maximum atomic E-state index is 5.94. The molecule has 0 unspecified atom stereocenters. The molecular weight excluding hydrogens is 254 g/mol. The average Bonchev–Trinajstić information content (AvgIpc) is 2.45. The lowest BCUT2D eigenvalue weighted by molar-refractivity contribution is 0.477. The Bertz CT molecular complexity index is 564. The van der Waals surface area contributed by atoms with Crippen LogP contribution in [-0.4, -0.2) is 6.26 Å². The van der Waals surface area contributed by atoms with Gasteiger partial charge in [0, 0.05) is 11.4 Å². The molecular formula is C16H19NOS. The van der Waals surface area contributed by atoms with Gasteiger partial charge in [-0.15, -0.1) is 11.8 Å². The van der Waals surface area contributed by atoms with Gasteiger partial charge in [-0.25, -0.2) is 0 Å². The molecule has 0 spiro atoms. The monoisotopic (exact) mass is 273 g/mol. The van der Waals surface area contributed by atoms with Crippen LogP contribution < -0.4 is 10.5 Å². The van der Waals surface area contributed by atoms with Crippen LogP contribution >= 0.6 is 11.8 Å². The summed E-state index contributed by atoms with van der Waals surface area (Å²) in [6, 6.07) is 12.0. The maximum absolute atomic E-state index is 5.94. The molecule has 2 N–H and O–H groups in total. The third kappa shape index (κ3) is 3.11. The van der Waals surface area contributed by atoms with Crippen molar-refractivity contribution in [1.29, 1.82) is 0 Å². The number of benzene rings is 2. The number of hydrogen-bond acceptors (Lipinski definition) is 3. The molecule has 0 radical (unpaired) electrons. The molecule has 19 heavy (non-hydrogen) atoms. The number of thioether (sulfide) groups is 1. The van der Waals surface area contributed by atoms with Crippen LogP contribution in [0, 0.1) is 13.8 Å². The van der Waals surface area contributed by atoms with Crippen molar-refractivity contribution in [3.05, 3.63) is 53.1 Å². The summed E-state index contributed by atoms with van der Waals surface area (Å²) >= 11 is 1.76. The van der Waals surface area contributed by atoms with E-state index < -0.39 is 0 Å². The molecule has 0 aromatic heterocycles. The molecule has 0 heterocycles. The van der Waals surface area contributed by atoms with Crippen LogP contribution in [0.25, 0.3) is 0 Å². The van der Waals surface area contributed by atoms with Crippen LogP contribution in [-0.2, 0) is 6.54 Å². The van der Waals surface area contributed by atoms with Gasteiger partial charge in [-0.3, -0.25) is 0 Å². The van der Waals surface area contributed by atoms with Crippen molar-refractivity contribution in [3.8, 4) is 11.5 Å². The van der Waals surface area contributed by atoms with Crippen LogP contribution in [0.5, 0.6) is 11.5 Å². The fourth-order valence-electron chi connectivity index (χ4n) is 1.92. The zero-order chi connectivity index (χ0) is 13.8. The highest BCUT2D eigenvalue weighted by molar-refractivity contribution is 7.98. The smallest absolute Gasteiger partial charge is 0.130 e. The zero-order valence-corrected chi connectivity index (χ0v) is 12.4. The van der Waals surface area contributed by atoms with Crippen LogP contribution in [0.1, 0.15) is 16.7 Å². The van der Waals surface area contributed by atoms with Crippen molar-refractivity contribution in [3.63, 3.8) is 0 Å². The van der Waals surface area contributed by atoms with E-state index in [2.05, 4.69) is 26.2 Å². The summed E-state index contributed by atoms with van der Waals surface area (Å²) in [5.74, 6) is 1.76. The van der Waals surface area contributed by atoms with Gasteiger partial charge in [0.25, 0.3) is 0 Å². The van der Waals surface area contributed by atoms with Gasteiger partial charge in [-0.05, 0) is 61.1 Å². The van der Waals surface area contributed by atoms with Crippen molar-refractivity contribution in [2.75, 3.05) is 6.26 Å². The van der Waals surface area contributed by atoms with E-state index in [1.54, 1.807) is 11.8 Å². The van der Waals surface area contributed by atoms with E-state index in [0.29, 0.717) is 6.54 Å². The third-order valence-corrected chi connectivity index (χ3v) is 4.18. The zero-order valence-electron chi connectivity index (χ0n) is 11.6. The predicted molar refractivity (Wildman–Crippen MR) is 82.1 cm³/mol. The molecule has 2 nitrogen and oxygen atoms in total. The molecule has 100 valence electrons. The molecule has 0 aliphatic carbocycles. The molecule has 0 atom stereocenters. The quantitative estimate of drug-likeness (QED) is 0.845. The normalized spacial score (nSPS) is 10.5. The van der Waals surface area contributed by atoms with Gasteiger partial charge >= 0.3 is 0 Å². The van der Waals surface area contributed by atoms with Gasteiger partial charge in [0.15, 0.2) is 0 Å². The Kier molecular flexibility index (Phi) is 4.51. The predicted octanol–water partition coefficient (Wildman–Crippen LogP) is 4.28. The van der Waals surface area contributed by atoms with E-state index >= 15 is 0 Å². The minimum Gasteiger partial charge on any atom is -0.457 e. The van der Waals surface area contributed by atoms with Crippen LogP contribution in [0.2, 0.25) is 0 Å². The summed E-state index contributed by atoms with van der Waals surface area (Å²) in [5, 5.41) is 0. The molecule has 0 fully saturated rings.